The molecule has 0 aliphatic rings. The zero-order valence-corrected chi connectivity index (χ0v) is 15.5. The molecule has 7 heteroatoms. The Kier molecular flexibility index (Phi) is 4.57. The number of hydrogen-bond donors (Lipinski definition) is 1. The minimum absolute atomic E-state index is 0.201. The molecule has 28 heavy (non-hydrogen) atoms. The third-order valence-electron chi connectivity index (χ3n) is 4.55. The molecule has 140 valence electrons. The normalized spacial score (nSPS) is 11.0. The molecule has 0 spiro atoms. The first-order valence-corrected chi connectivity index (χ1v) is 8.95. The van der Waals surface area contributed by atoms with Crippen LogP contribution in [0.5, 0.6) is 0 Å². The summed E-state index contributed by atoms with van der Waals surface area (Å²) in [6.07, 6.45) is 0.668. The number of fused-ring (bicyclic) bond motifs is 1. The lowest BCUT2D eigenvalue weighted by atomic mass is 10.0. The molecule has 2 aromatic heterocycles. The minimum Gasteiger partial charge on any atom is -0.321 e. The van der Waals surface area contributed by atoms with E-state index in [-0.39, 0.29) is 17.4 Å². The van der Waals surface area contributed by atoms with Crippen LogP contribution in [0.1, 0.15) is 28.8 Å². The number of aryl methyl sites for hydroxylation is 2. The fourth-order valence-electron chi connectivity index (χ4n) is 3.13. The number of hydrogen-bond acceptors (Lipinski definition) is 4. The van der Waals surface area contributed by atoms with Gasteiger partial charge in [-0.25, -0.2) is 8.91 Å². The van der Waals surface area contributed by atoms with Gasteiger partial charge in [0.15, 0.2) is 11.3 Å². The molecule has 0 unspecified atom stereocenters. The number of aromatic nitrogens is 4. The molecule has 2 aromatic carbocycles. The van der Waals surface area contributed by atoms with E-state index < -0.39 is 0 Å². The molecule has 4 rings (SSSR count). The Hall–Kier alpha value is -3.61. The number of nitrogens with one attached hydrogen (secondary N) is 1. The van der Waals surface area contributed by atoms with E-state index in [0.29, 0.717) is 23.4 Å². The molecule has 0 bridgehead atoms. The highest BCUT2D eigenvalue weighted by Gasteiger charge is 2.21. The van der Waals surface area contributed by atoms with Crippen molar-refractivity contribution in [1.82, 2.24) is 19.8 Å². The van der Waals surface area contributed by atoms with E-state index in [9.17, 15) is 9.18 Å². The predicted molar refractivity (Wildman–Crippen MR) is 105 cm³/mol. The van der Waals surface area contributed by atoms with Crippen molar-refractivity contribution < 1.29 is 9.18 Å². The van der Waals surface area contributed by atoms with Crippen LogP contribution >= 0.6 is 0 Å². The highest BCUT2D eigenvalue weighted by Crippen LogP contribution is 2.28. The fraction of sp³-hybridized carbons (Fsp3) is 0.143. The van der Waals surface area contributed by atoms with Gasteiger partial charge in [-0.1, -0.05) is 37.3 Å². The maximum Gasteiger partial charge on any atom is 0.278 e. The smallest absolute Gasteiger partial charge is 0.278 e. The topological polar surface area (TPSA) is 72.2 Å². The van der Waals surface area contributed by atoms with Crippen LogP contribution in [0.15, 0.2) is 54.6 Å². The number of nitrogens with zero attached hydrogens (tertiary/aromatic N) is 4. The summed E-state index contributed by atoms with van der Waals surface area (Å²) in [6.45, 7) is 3.77. The Morgan fingerprint density at radius 1 is 1.07 bits per heavy atom. The van der Waals surface area contributed by atoms with Gasteiger partial charge in [0.25, 0.3) is 5.91 Å². The van der Waals surface area contributed by atoms with E-state index in [1.165, 1.54) is 12.1 Å². The van der Waals surface area contributed by atoms with Gasteiger partial charge in [-0.2, -0.15) is 5.10 Å². The summed E-state index contributed by atoms with van der Waals surface area (Å²) in [6, 6.07) is 15.3. The van der Waals surface area contributed by atoms with Crippen LogP contribution in [-0.2, 0) is 6.42 Å². The van der Waals surface area contributed by atoms with Gasteiger partial charge in [0.1, 0.15) is 5.82 Å². The van der Waals surface area contributed by atoms with Crippen molar-refractivity contribution in [2.75, 3.05) is 5.32 Å². The summed E-state index contributed by atoms with van der Waals surface area (Å²) >= 11 is 0. The fourth-order valence-corrected chi connectivity index (χ4v) is 3.13. The van der Waals surface area contributed by atoms with Crippen molar-refractivity contribution in [2.24, 2.45) is 0 Å². The molecule has 0 saturated heterocycles. The first-order valence-electron chi connectivity index (χ1n) is 8.95. The summed E-state index contributed by atoms with van der Waals surface area (Å²) in [5, 5.41) is 15.9. The third-order valence-corrected chi connectivity index (χ3v) is 4.55. The molecule has 0 atom stereocenters. The SMILES string of the molecule is CCc1nn2c(C)c(C(=O)Nc3ccccc3)nnc2c1-c1ccc(F)cc1. The standard InChI is InChI=1S/C21H18FN5O/c1-3-17-18(14-9-11-15(22)12-10-14)20-25-24-19(13(2)27(20)26-17)21(28)23-16-7-5-4-6-8-16/h4-12H,3H2,1-2H3,(H,23,28). The highest BCUT2D eigenvalue weighted by atomic mass is 19.1. The first-order chi connectivity index (χ1) is 13.6. The van der Waals surface area contributed by atoms with Crippen LogP contribution in [0.25, 0.3) is 16.8 Å². The summed E-state index contributed by atoms with van der Waals surface area (Å²) in [5.41, 5.74) is 4.42. The number of carbonyl (C=O) groups is 1. The molecule has 4 aromatic rings. The Bertz CT molecular complexity index is 1150. The van der Waals surface area contributed by atoms with E-state index in [2.05, 4.69) is 20.6 Å². The molecule has 1 N–H and O–H groups in total. The van der Waals surface area contributed by atoms with Crippen LogP contribution in [0.4, 0.5) is 10.1 Å². The molecule has 1 amide bonds. The molecule has 0 aliphatic carbocycles. The number of anilines is 1. The number of carbonyl (C=O) groups excluding carboxylic acids is 1. The van der Waals surface area contributed by atoms with Gasteiger partial charge in [0.05, 0.1) is 17.0 Å². The van der Waals surface area contributed by atoms with Crippen molar-refractivity contribution in [1.29, 1.82) is 0 Å². The lowest BCUT2D eigenvalue weighted by Gasteiger charge is -2.07. The number of amides is 1. The molecule has 0 aliphatic heterocycles. The molecular weight excluding hydrogens is 357 g/mol. The van der Waals surface area contributed by atoms with Crippen molar-refractivity contribution in [3.05, 3.63) is 77.5 Å². The van der Waals surface area contributed by atoms with Crippen molar-refractivity contribution in [3.8, 4) is 11.1 Å². The van der Waals surface area contributed by atoms with Crippen LogP contribution in [-0.4, -0.2) is 25.7 Å². The maximum atomic E-state index is 13.3. The summed E-state index contributed by atoms with van der Waals surface area (Å²) < 4.78 is 14.9. The molecular formula is C21H18FN5O. The van der Waals surface area contributed by atoms with Gasteiger partial charge in [0.2, 0.25) is 0 Å². The van der Waals surface area contributed by atoms with Crippen LogP contribution in [0.2, 0.25) is 0 Å². The Labute approximate surface area is 161 Å². The molecule has 0 radical (unpaired) electrons. The lowest BCUT2D eigenvalue weighted by Crippen LogP contribution is -2.18. The van der Waals surface area contributed by atoms with E-state index in [4.69, 9.17) is 0 Å². The molecule has 0 fully saturated rings. The number of para-hydroxylation sites is 1. The number of rotatable bonds is 4. The van der Waals surface area contributed by atoms with Crippen LogP contribution < -0.4 is 5.32 Å². The molecule has 6 nitrogen and oxygen atoms in total. The van der Waals surface area contributed by atoms with Crippen molar-refractivity contribution in [2.45, 2.75) is 20.3 Å². The van der Waals surface area contributed by atoms with Crippen LogP contribution in [0, 0.1) is 12.7 Å². The Morgan fingerprint density at radius 2 is 1.79 bits per heavy atom. The molecule has 0 saturated carbocycles. The second kappa shape index (κ2) is 7.19. The summed E-state index contributed by atoms with van der Waals surface area (Å²) in [5.74, 6) is -0.657. The van der Waals surface area contributed by atoms with Crippen LogP contribution in [0.3, 0.4) is 0 Å². The third kappa shape index (κ3) is 3.11. The van der Waals surface area contributed by atoms with E-state index in [1.54, 1.807) is 35.7 Å². The highest BCUT2D eigenvalue weighted by molar-refractivity contribution is 6.03. The van der Waals surface area contributed by atoms with Gasteiger partial charge >= 0.3 is 0 Å². The lowest BCUT2D eigenvalue weighted by molar-refractivity contribution is 0.102. The maximum absolute atomic E-state index is 13.3. The second-order valence-corrected chi connectivity index (χ2v) is 6.37. The predicted octanol–water partition coefficient (Wildman–Crippen LogP) is 4.05. The van der Waals surface area contributed by atoms with Gasteiger partial charge < -0.3 is 5.32 Å². The van der Waals surface area contributed by atoms with E-state index in [0.717, 1.165) is 16.8 Å². The number of benzene rings is 2. The average molecular weight is 375 g/mol. The van der Waals surface area contributed by atoms with E-state index in [1.807, 2.05) is 25.1 Å². The zero-order valence-electron chi connectivity index (χ0n) is 15.5. The zero-order chi connectivity index (χ0) is 19.7. The Balaban J connectivity index is 1.80. The summed E-state index contributed by atoms with van der Waals surface area (Å²) in [7, 11) is 0. The van der Waals surface area contributed by atoms with Gasteiger partial charge in [-0.3, -0.25) is 4.79 Å². The first kappa shape index (κ1) is 17.8. The Morgan fingerprint density at radius 3 is 2.46 bits per heavy atom. The molecule has 2 heterocycles. The quantitative estimate of drug-likeness (QED) is 0.584. The monoisotopic (exact) mass is 375 g/mol. The largest absolute Gasteiger partial charge is 0.321 e. The van der Waals surface area contributed by atoms with E-state index >= 15 is 0 Å². The van der Waals surface area contributed by atoms with Gasteiger partial charge in [-0.05, 0) is 43.2 Å². The van der Waals surface area contributed by atoms with Crippen molar-refractivity contribution >= 4 is 17.2 Å². The summed E-state index contributed by atoms with van der Waals surface area (Å²) in [4.78, 5) is 12.7. The van der Waals surface area contributed by atoms with Gasteiger partial charge in [0, 0.05) is 5.69 Å². The van der Waals surface area contributed by atoms with Gasteiger partial charge in [-0.15, -0.1) is 10.2 Å². The number of halogens is 1. The minimum atomic E-state index is -0.352. The second-order valence-electron chi connectivity index (χ2n) is 6.37. The average Bonchev–Trinajstić information content (AvgIpc) is 3.09. The van der Waals surface area contributed by atoms with Crippen molar-refractivity contribution in [3.63, 3.8) is 0 Å².